The summed E-state index contributed by atoms with van der Waals surface area (Å²) >= 11 is 0. The lowest BCUT2D eigenvalue weighted by molar-refractivity contribution is -0.139. The molecule has 5 amide bonds. The topological polar surface area (TPSA) is 155 Å². The van der Waals surface area contributed by atoms with Crippen LogP contribution in [0.1, 0.15) is 43.1 Å². The molecule has 12 nitrogen and oxygen atoms in total. The molecule has 4 N–H and O–H groups in total. The second kappa shape index (κ2) is 17.6. The van der Waals surface area contributed by atoms with Crippen LogP contribution in [0.4, 0.5) is 4.39 Å². The molecule has 3 atom stereocenters. The molecule has 1 aliphatic heterocycles. The van der Waals surface area contributed by atoms with Crippen LogP contribution in [-0.4, -0.2) is 78.9 Å². The van der Waals surface area contributed by atoms with E-state index in [1.54, 1.807) is 63.2 Å². The van der Waals surface area contributed by atoms with Crippen LogP contribution in [-0.2, 0) is 25.7 Å². The van der Waals surface area contributed by atoms with Gasteiger partial charge in [0.25, 0.3) is 5.91 Å². The summed E-state index contributed by atoms with van der Waals surface area (Å²) in [5.74, 6) is -2.98. The first-order valence-corrected chi connectivity index (χ1v) is 16.1. The third-order valence-corrected chi connectivity index (χ3v) is 7.66. The number of benzene rings is 3. The third-order valence-electron chi connectivity index (χ3n) is 7.66. The summed E-state index contributed by atoms with van der Waals surface area (Å²) in [6.45, 7) is 5.01. The number of carbonyl (C=O) groups is 5. The van der Waals surface area contributed by atoms with E-state index in [2.05, 4.69) is 21.3 Å². The minimum atomic E-state index is -1.35. The number of para-hydroxylation sites is 1. The highest BCUT2D eigenvalue weighted by molar-refractivity contribution is 6.01. The summed E-state index contributed by atoms with van der Waals surface area (Å²) in [6, 6.07) is 18.1. The van der Waals surface area contributed by atoms with Gasteiger partial charge in [0, 0.05) is 6.54 Å². The monoisotopic (exact) mass is 675 g/mol. The molecule has 0 unspecified atom stereocenters. The van der Waals surface area contributed by atoms with Crippen LogP contribution >= 0.6 is 0 Å². The maximum absolute atomic E-state index is 13.9. The van der Waals surface area contributed by atoms with E-state index >= 15 is 0 Å². The summed E-state index contributed by atoms with van der Waals surface area (Å²) in [5.41, 5.74) is 0.851. The number of nitrogens with one attached hydrogen (secondary N) is 4. The number of halogens is 1. The number of carbonyl (C=O) groups excluding carboxylic acids is 5. The number of hydrogen-bond acceptors (Lipinski definition) is 7. The van der Waals surface area contributed by atoms with E-state index in [1.165, 1.54) is 35.2 Å². The molecule has 0 saturated carbocycles. The van der Waals surface area contributed by atoms with Crippen LogP contribution in [0.2, 0.25) is 0 Å². The van der Waals surface area contributed by atoms with Gasteiger partial charge in [0.2, 0.25) is 23.6 Å². The molecule has 0 bridgehead atoms. The maximum atomic E-state index is 13.9. The molecule has 0 aromatic heterocycles. The smallest absolute Gasteiger partial charge is 0.255 e. The standard InChI is InChI=1S/C36H42FN5O7/c1-23(2)33-36(47)39-24(3)22-49-30-12-8-7-11-28(30)34(45)40-29(35(46)38-17-18-48-27-15-13-26(37)14-16-27)19-32(44)42(21-31(43)41-33)20-25-9-5-4-6-10-25/h4-16,23-24,29,33H,17-22H2,1-3H3,(H,38,46)(H,39,47)(H,40,45)(H,41,43)/t24-,29-,33+/m0/s1. The van der Waals surface area contributed by atoms with Crippen molar-refractivity contribution in [3.8, 4) is 11.5 Å². The molecule has 4 rings (SSSR count). The number of nitrogens with zero attached hydrogens (tertiary/aromatic N) is 1. The van der Waals surface area contributed by atoms with E-state index in [-0.39, 0.29) is 43.5 Å². The Bertz CT molecular complexity index is 1600. The fraction of sp³-hybridized carbons (Fsp3) is 0.361. The number of hydrogen-bond donors (Lipinski definition) is 4. The molecule has 0 aliphatic carbocycles. The Morgan fingerprint density at radius 1 is 0.959 bits per heavy atom. The van der Waals surface area contributed by atoms with Crippen molar-refractivity contribution in [1.82, 2.24) is 26.2 Å². The van der Waals surface area contributed by atoms with Gasteiger partial charge in [0.15, 0.2) is 0 Å². The quantitative estimate of drug-likeness (QED) is 0.268. The molecular weight excluding hydrogens is 633 g/mol. The Hall–Kier alpha value is -5.46. The minimum Gasteiger partial charge on any atom is -0.492 e. The number of fused-ring (bicyclic) bond motifs is 1. The van der Waals surface area contributed by atoms with E-state index in [1.807, 2.05) is 6.07 Å². The maximum Gasteiger partial charge on any atom is 0.255 e. The van der Waals surface area contributed by atoms with E-state index < -0.39 is 66.4 Å². The van der Waals surface area contributed by atoms with Gasteiger partial charge < -0.3 is 35.6 Å². The Balaban J connectivity index is 1.61. The highest BCUT2D eigenvalue weighted by atomic mass is 19.1. The van der Waals surface area contributed by atoms with Gasteiger partial charge in [-0.05, 0) is 54.8 Å². The molecule has 0 saturated heterocycles. The van der Waals surface area contributed by atoms with Gasteiger partial charge >= 0.3 is 0 Å². The lowest BCUT2D eigenvalue weighted by Crippen LogP contribution is -2.54. The molecule has 49 heavy (non-hydrogen) atoms. The summed E-state index contributed by atoms with van der Waals surface area (Å²) in [4.78, 5) is 68.9. The Labute approximate surface area is 284 Å². The van der Waals surface area contributed by atoms with E-state index in [0.717, 1.165) is 5.56 Å². The second-order valence-corrected chi connectivity index (χ2v) is 12.1. The average molecular weight is 676 g/mol. The predicted molar refractivity (Wildman–Crippen MR) is 179 cm³/mol. The van der Waals surface area contributed by atoms with Crippen molar-refractivity contribution < 1.29 is 37.8 Å². The first-order chi connectivity index (χ1) is 23.5. The van der Waals surface area contributed by atoms with Crippen LogP contribution in [0, 0.1) is 11.7 Å². The molecular formula is C36H42FN5O7. The van der Waals surface area contributed by atoms with E-state index in [0.29, 0.717) is 5.75 Å². The van der Waals surface area contributed by atoms with Crippen LogP contribution in [0.15, 0.2) is 78.9 Å². The highest BCUT2D eigenvalue weighted by Crippen LogP contribution is 2.19. The summed E-state index contributed by atoms with van der Waals surface area (Å²) in [7, 11) is 0. The Kier molecular flexibility index (Phi) is 13.1. The van der Waals surface area contributed by atoms with Gasteiger partial charge in [-0.1, -0.05) is 56.3 Å². The average Bonchev–Trinajstić information content (AvgIpc) is 3.08. The summed E-state index contributed by atoms with van der Waals surface area (Å²) < 4.78 is 24.7. The van der Waals surface area contributed by atoms with Gasteiger partial charge in [-0.2, -0.15) is 0 Å². The molecule has 3 aromatic rings. The zero-order valence-electron chi connectivity index (χ0n) is 27.7. The first-order valence-electron chi connectivity index (χ1n) is 16.1. The zero-order valence-corrected chi connectivity index (χ0v) is 27.7. The van der Waals surface area contributed by atoms with Crippen molar-refractivity contribution in [1.29, 1.82) is 0 Å². The zero-order chi connectivity index (χ0) is 35.3. The first kappa shape index (κ1) is 36.4. The number of ether oxygens (including phenoxy) is 2. The minimum absolute atomic E-state index is 0.0100. The SMILES string of the molecule is CC(C)[C@H]1NC(=O)CN(Cc2ccccc2)C(=O)C[C@@H](C(=O)NCCOc2ccc(F)cc2)NC(=O)c2ccccc2OC[C@H](C)NC1=O. The predicted octanol–water partition coefficient (Wildman–Crippen LogP) is 2.58. The van der Waals surface area contributed by atoms with E-state index in [4.69, 9.17) is 9.47 Å². The van der Waals surface area contributed by atoms with Gasteiger partial charge in [0.05, 0.1) is 31.1 Å². The molecule has 0 spiro atoms. The number of amides is 5. The fourth-order valence-electron chi connectivity index (χ4n) is 5.08. The number of rotatable bonds is 8. The second-order valence-electron chi connectivity index (χ2n) is 12.1. The van der Waals surface area contributed by atoms with Crippen LogP contribution < -0.4 is 30.7 Å². The molecule has 0 fully saturated rings. The molecule has 260 valence electrons. The van der Waals surface area contributed by atoms with Crippen molar-refractivity contribution in [2.75, 3.05) is 26.3 Å². The molecule has 1 aliphatic rings. The molecule has 3 aromatic carbocycles. The molecule has 13 heteroatoms. The van der Waals surface area contributed by atoms with Crippen molar-refractivity contribution in [2.24, 2.45) is 5.92 Å². The largest absolute Gasteiger partial charge is 0.492 e. The summed E-state index contributed by atoms with van der Waals surface area (Å²) in [6.07, 6.45) is -0.481. The Morgan fingerprint density at radius 3 is 2.37 bits per heavy atom. The third kappa shape index (κ3) is 11.1. The molecule has 0 radical (unpaired) electrons. The van der Waals surface area contributed by atoms with Crippen LogP contribution in [0.25, 0.3) is 0 Å². The van der Waals surface area contributed by atoms with Crippen molar-refractivity contribution >= 4 is 29.5 Å². The van der Waals surface area contributed by atoms with Gasteiger partial charge in [0.1, 0.15) is 42.6 Å². The highest BCUT2D eigenvalue weighted by Gasteiger charge is 2.31. The van der Waals surface area contributed by atoms with Gasteiger partial charge in [-0.3, -0.25) is 24.0 Å². The summed E-state index contributed by atoms with van der Waals surface area (Å²) in [5, 5.41) is 11.0. The van der Waals surface area contributed by atoms with E-state index in [9.17, 15) is 28.4 Å². The van der Waals surface area contributed by atoms with Crippen molar-refractivity contribution in [2.45, 2.75) is 51.9 Å². The lowest BCUT2D eigenvalue weighted by Gasteiger charge is -2.27. The van der Waals surface area contributed by atoms with Crippen molar-refractivity contribution in [3.63, 3.8) is 0 Å². The van der Waals surface area contributed by atoms with Crippen LogP contribution in [0.5, 0.6) is 11.5 Å². The Morgan fingerprint density at radius 2 is 1.65 bits per heavy atom. The lowest BCUT2D eigenvalue weighted by atomic mass is 10.0. The van der Waals surface area contributed by atoms with Crippen molar-refractivity contribution in [3.05, 3.63) is 95.8 Å². The fourth-order valence-corrected chi connectivity index (χ4v) is 5.08. The van der Waals surface area contributed by atoms with Gasteiger partial charge in [-0.25, -0.2) is 4.39 Å². The van der Waals surface area contributed by atoms with Gasteiger partial charge in [-0.15, -0.1) is 0 Å². The molecule has 1 heterocycles. The van der Waals surface area contributed by atoms with Crippen LogP contribution in [0.3, 0.4) is 0 Å². The normalized spacial score (nSPS) is 19.4.